The Balaban J connectivity index is 1.53. The highest BCUT2D eigenvalue weighted by Gasteiger charge is 2.31. The Hall–Kier alpha value is -1.92. The molecule has 1 N–H and O–H groups in total. The number of rotatable bonds is 5. The highest BCUT2D eigenvalue weighted by atomic mass is 79.9. The van der Waals surface area contributed by atoms with Crippen LogP contribution in [0.15, 0.2) is 71.5 Å². The van der Waals surface area contributed by atoms with Gasteiger partial charge in [0.25, 0.3) is 5.91 Å². The molecular formula is C23H20BrCl2N3O. The third kappa shape index (κ3) is 5.03. The maximum absolute atomic E-state index is 12.6. The monoisotopic (exact) mass is 503 g/mol. The SMILES string of the molecule is O=C(N[C@@H]1CCN(C(c2ccc(Cl)cc2)c2ccc(Cl)cc2)C1)c1cncc(Br)c1. The van der Waals surface area contributed by atoms with Gasteiger partial charge in [-0.05, 0) is 63.8 Å². The topological polar surface area (TPSA) is 45.2 Å². The number of hydrogen-bond acceptors (Lipinski definition) is 3. The van der Waals surface area contributed by atoms with Crippen molar-refractivity contribution in [3.8, 4) is 0 Å². The number of likely N-dealkylation sites (tertiary alicyclic amines) is 1. The fraction of sp³-hybridized carbons (Fsp3) is 0.217. The average Bonchev–Trinajstić information content (AvgIpc) is 3.19. The Morgan fingerprint density at radius 3 is 2.20 bits per heavy atom. The van der Waals surface area contributed by atoms with Gasteiger partial charge in [0.2, 0.25) is 0 Å². The van der Waals surface area contributed by atoms with E-state index in [1.54, 1.807) is 18.5 Å². The number of aromatic nitrogens is 1. The number of halogens is 3. The Labute approximate surface area is 194 Å². The molecule has 0 aliphatic carbocycles. The van der Waals surface area contributed by atoms with E-state index in [2.05, 4.69) is 55.4 Å². The van der Waals surface area contributed by atoms with Gasteiger partial charge in [0.1, 0.15) is 0 Å². The van der Waals surface area contributed by atoms with Crippen molar-refractivity contribution in [1.29, 1.82) is 0 Å². The van der Waals surface area contributed by atoms with Crippen LogP contribution in [0.3, 0.4) is 0 Å². The first-order valence-corrected chi connectivity index (χ1v) is 11.2. The van der Waals surface area contributed by atoms with Crippen LogP contribution in [-0.2, 0) is 0 Å². The van der Waals surface area contributed by atoms with E-state index in [0.29, 0.717) is 15.6 Å². The molecule has 1 fully saturated rings. The third-order valence-electron chi connectivity index (χ3n) is 5.26. The second-order valence-electron chi connectivity index (χ2n) is 7.35. The summed E-state index contributed by atoms with van der Waals surface area (Å²) in [5.41, 5.74) is 2.87. The largest absolute Gasteiger partial charge is 0.348 e. The van der Waals surface area contributed by atoms with Gasteiger partial charge < -0.3 is 5.32 Å². The van der Waals surface area contributed by atoms with Crippen molar-refractivity contribution in [3.63, 3.8) is 0 Å². The van der Waals surface area contributed by atoms with Gasteiger partial charge >= 0.3 is 0 Å². The summed E-state index contributed by atoms with van der Waals surface area (Å²) in [7, 11) is 0. The van der Waals surface area contributed by atoms with Gasteiger partial charge in [0.15, 0.2) is 0 Å². The number of carbonyl (C=O) groups is 1. The van der Waals surface area contributed by atoms with E-state index in [-0.39, 0.29) is 18.0 Å². The molecule has 0 spiro atoms. The molecule has 4 nitrogen and oxygen atoms in total. The second-order valence-corrected chi connectivity index (χ2v) is 9.14. The van der Waals surface area contributed by atoms with Crippen molar-refractivity contribution in [2.24, 2.45) is 0 Å². The maximum atomic E-state index is 12.6. The van der Waals surface area contributed by atoms with Crippen molar-refractivity contribution in [2.45, 2.75) is 18.5 Å². The summed E-state index contributed by atoms with van der Waals surface area (Å²) in [5.74, 6) is -0.106. The summed E-state index contributed by atoms with van der Waals surface area (Å²) in [6.45, 7) is 1.63. The van der Waals surface area contributed by atoms with Crippen molar-refractivity contribution < 1.29 is 4.79 Å². The Morgan fingerprint density at radius 2 is 1.63 bits per heavy atom. The van der Waals surface area contributed by atoms with Crippen LogP contribution < -0.4 is 5.32 Å². The van der Waals surface area contributed by atoms with Crippen molar-refractivity contribution in [1.82, 2.24) is 15.2 Å². The second kappa shape index (κ2) is 9.48. The van der Waals surface area contributed by atoms with Crippen molar-refractivity contribution >= 4 is 45.0 Å². The molecular weight excluding hydrogens is 485 g/mol. The standard InChI is InChI=1S/C23H20BrCl2N3O/c24-18-11-17(12-27-13-18)23(30)28-21-9-10-29(14-21)22(15-1-5-19(25)6-2-15)16-3-7-20(26)8-4-16/h1-8,11-13,21-22H,9-10,14H2,(H,28,30)/t21-/m1/s1. The lowest BCUT2D eigenvalue weighted by atomic mass is 9.97. The highest BCUT2D eigenvalue weighted by molar-refractivity contribution is 9.10. The maximum Gasteiger partial charge on any atom is 0.253 e. The quantitative estimate of drug-likeness (QED) is 0.481. The Morgan fingerprint density at radius 1 is 1.03 bits per heavy atom. The van der Waals surface area contributed by atoms with E-state index in [1.165, 1.54) is 0 Å². The Kier molecular flexibility index (Phi) is 6.74. The number of benzene rings is 2. The fourth-order valence-corrected chi connectivity index (χ4v) is 4.47. The van der Waals surface area contributed by atoms with Gasteiger partial charge in [-0.3, -0.25) is 14.7 Å². The van der Waals surface area contributed by atoms with Crippen molar-refractivity contribution in [3.05, 3.63) is 98.2 Å². The normalized spacial score (nSPS) is 16.7. The van der Waals surface area contributed by atoms with E-state index in [4.69, 9.17) is 23.2 Å². The summed E-state index contributed by atoms with van der Waals surface area (Å²) in [5, 5.41) is 4.57. The molecule has 154 valence electrons. The molecule has 0 radical (unpaired) electrons. The lowest BCUT2D eigenvalue weighted by Gasteiger charge is -2.29. The highest BCUT2D eigenvalue weighted by Crippen LogP contribution is 2.33. The molecule has 1 atom stereocenters. The number of carbonyl (C=O) groups excluding carboxylic acids is 1. The number of hydrogen-bond donors (Lipinski definition) is 1. The minimum atomic E-state index is -0.106. The zero-order valence-electron chi connectivity index (χ0n) is 16.1. The van der Waals surface area contributed by atoms with Gasteiger partial charge in [0.05, 0.1) is 11.6 Å². The van der Waals surface area contributed by atoms with Crippen LogP contribution in [0, 0.1) is 0 Å². The minimum Gasteiger partial charge on any atom is -0.348 e. The van der Waals surface area contributed by atoms with E-state index in [9.17, 15) is 4.79 Å². The summed E-state index contributed by atoms with van der Waals surface area (Å²) in [6.07, 6.45) is 4.12. The molecule has 0 unspecified atom stereocenters. The molecule has 3 aromatic rings. The molecule has 2 heterocycles. The van der Waals surface area contributed by atoms with Crippen LogP contribution in [0.1, 0.15) is 33.9 Å². The van der Waals surface area contributed by atoms with Crippen LogP contribution in [0.25, 0.3) is 0 Å². The van der Waals surface area contributed by atoms with Crippen LogP contribution in [0.4, 0.5) is 0 Å². The first-order chi connectivity index (χ1) is 14.5. The number of nitrogens with zero attached hydrogens (tertiary/aromatic N) is 2. The lowest BCUT2D eigenvalue weighted by molar-refractivity contribution is 0.0936. The molecule has 0 saturated carbocycles. The van der Waals surface area contributed by atoms with Crippen molar-refractivity contribution in [2.75, 3.05) is 13.1 Å². The van der Waals surface area contributed by atoms with Crippen LogP contribution in [0.5, 0.6) is 0 Å². The van der Waals surface area contributed by atoms with Crippen LogP contribution in [0.2, 0.25) is 10.0 Å². The van der Waals surface area contributed by atoms with Gasteiger partial charge in [0, 0.05) is 46.0 Å². The van der Waals surface area contributed by atoms with Gasteiger partial charge in [-0.25, -0.2) is 0 Å². The summed E-state index contributed by atoms with van der Waals surface area (Å²) >= 11 is 15.6. The van der Waals surface area contributed by atoms with Crippen LogP contribution >= 0.6 is 39.1 Å². The zero-order valence-corrected chi connectivity index (χ0v) is 19.2. The summed E-state index contributed by atoms with van der Waals surface area (Å²) in [6, 6.07) is 17.8. The van der Waals surface area contributed by atoms with E-state index >= 15 is 0 Å². The molecule has 2 aromatic carbocycles. The molecule has 0 bridgehead atoms. The smallest absolute Gasteiger partial charge is 0.253 e. The first-order valence-electron chi connectivity index (χ1n) is 9.66. The molecule has 7 heteroatoms. The zero-order chi connectivity index (χ0) is 21.1. The average molecular weight is 505 g/mol. The van der Waals surface area contributed by atoms with E-state index in [0.717, 1.165) is 35.1 Å². The minimum absolute atomic E-state index is 0.0639. The van der Waals surface area contributed by atoms with E-state index < -0.39 is 0 Å². The molecule has 1 amide bonds. The molecule has 1 aliphatic heterocycles. The van der Waals surface area contributed by atoms with Gasteiger partial charge in [-0.1, -0.05) is 47.5 Å². The lowest BCUT2D eigenvalue weighted by Crippen LogP contribution is -2.38. The molecule has 1 saturated heterocycles. The predicted octanol–water partition coefficient (Wildman–Crippen LogP) is 5.74. The summed E-state index contributed by atoms with van der Waals surface area (Å²) < 4.78 is 0.786. The Bertz CT molecular complexity index is 982. The fourth-order valence-electron chi connectivity index (χ4n) is 3.85. The first kappa shape index (κ1) is 21.3. The van der Waals surface area contributed by atoms with Gasteiger partial charge in [-0.15, -0.1) is 0 Å². The number of nitrogens with one attached hydrogen (secondary N) is 1. The van der Waals surface area contributed by atoms with E-state index in [1.807, 2.05) is 24.3 Å². The van der Waals surface area contributed by atoms with Crippen LogP contribution in [-0.4, -0.2) is 34.9 Å². The van der Waals surface area contributed by atoms with Gasteiger partial charge in [-0.2, -0.15) is 0 Å². The molecule has 30 heavy (non-hydrogen) atoms. The predicted molar refractivity (Wildman–Crippen MR) is 124 cm³/mol. The molecule has 1 aromatic heterocycles. The third-order valence-corrected chi connectivity index (χ3v) is 6.20. The summed E-state index contributed by atoms with van der Waals surface area (Å²) in [4.78, 5) is 19.1. The number of amides is 1. The molecule has 4 rings (SSSR count). The number of pyridine rings is 1. The molecule has 1 aliphatic rings.